The molecule has 6 rings (SSSR count). The molecule has 0 N–H and O–H groups in total. The summed E-state index contributed by atoms with van der Waals surface area (Å²) in [5, 5.41) is 4.39. The molecule has 0 bridgehead atoms. The van der Waals surface area contributed by atoms with Crippen LogP contribution in [-0.2, 0) is 26.6 Å². The van der Waals surface area contributed by atoms with Gasteiger partial charge >= 0.3 is 0 Å². The number of para-hydroxylation sites is 2. The van der Waals surface area contributed by atoms with Gasteiger partial charge in [-0.1, -0.05) is 24.3 Å². The molecule has 1 amide bonds. The number of piperazine rings is 1. The number of benzene rings is 2. The Morgan fingerprint density at radius 3 is 2.42 bits per heavy atom. The van der Waals surface area contributed by atoms with Gasteiger partial charge in [-0.3, -0.25) is 14.5 Å². The van der Waals surface area contributed by atoms with E-state index in [1.807, 2.05) is 52.9 Å². The number of fused-ring (bicyclic) bond motifs is 2. The molecule has 208 valence electrons. The Balaban J connectivity index is 1.21. The van der Waals surface area contributed by atoms with Crippen molar-refractivity contribution in [2.24, 2.45) is 7.05 Å². The number of carbonyl (C=O) groups is 1. The van der Waals surface area contributed by atoms with Crippen LogP contribution in [-0.4, -0.2) is 76.8 Å². The van der Waals surface area contributed by atoms with Gasteiger partial charge in [-0.2, -0.15) is 9.61 Å². The molecule has 10 nitrogen and oxygen atoms in total. The Kier molecular flexibility index (Phi) is 6.93. The van der Waals surface area contributed by atoms with Crippen LogP contribution in [0.15, 0.2) is 59.5 Å². The number of methoxy groups -OCH3 is 2. The van der Waals surface area contributed by atoms with Gasteiger partial charge in [0, 0.05) is 65.0 Å². The number of hydrogen-bond acceptors (Lipinski definition) is 7. The van der Waals surface area contributed by atoms with Crippen LogP contribution >= 0.6 is 0 Å². The molecule has 2 aliphatic rings. The molecule has 0 saturated carbocycles. The molecule has 4 aromatic rings. The van der Waals surface area contributed by atoms with Gasteiger partial charge in [0.2, 0.25) is 0 Å². The van der Waals surface area contributed by atoms with E-state index in [1.165, 1.54) is 10.1 Å². The lowest BCUT2D eigenvalue weighted by molar-refractivity contribution is 0.0748. The van der Waals surface area contributed by atoms with Crippen molar-refractivity contribution in [3.8, 4) is 11.5 Å². The lowest BCUT2D eigenvalue weighted by atomic mass is 10.0. The van der Waals surface area contributed by atoms with E-state index in [-0.39, 0.29) is 11.5 Å². The highest BCUT2D eigenvalue weighted by molar-refractivity contribution is 6.00. The maximum Gasteiger partial charge on any atom is 0.279 e. The minimum atomic E-state index is -0.150. The van der Waals surface area contributed by atoms with E-state index >= 15 is 0 Å². The van der Waals surface area contributed by atoms with E-state index in [0.717, 1.165) is 48.0 Å². The van der Waals surface area contributed by atoms with Crippen LogP contribution in [0.3, 0.4) is 0 Å². The van der Waals surface area contributed by atoms with Crippen molar-refractivity contribution >= 4 is 17.2 Å². The Bertz CT molecular complexity index is 1600. The van der Waals surface area contributed by atoms with E-state index in [9.17, 15) is 9.59 Å². The van der Waals surface area contributed by atoms with E-state index < -0.39 is 0 Å². The Morgan fingerprint density at radius 2 is 1.70 bits per heavy atom. The Hall–Kier alpha value is -4.31. The van der Waals surface area contributed by atoms with Gasteiger partial charge in [-0.05, 0) is 29.8 Å². The van der Waals surface area contributed by atoms with Crippen LogP contribution in [0.5, 0.6) is 11.5 Å². The molecule has 0 spiro atoms. The summed E-state index contributed by atoms with van der Waals surface area (Å²) in [4.78, 5) is 33.6. The predicted molar refractivity (Wildman–Crippen MR) is 152 cm³/mol. The fraction of sp³-hybridized carbons (Fsp3) is 0.367. The zero-order valence-corrected chi connectivity index (χ0v) is 23.2. The predicted octanol–water partition coefficient (Wildman–Crippen LogP) is 2.57. The van der Waals surface area contributed by atoms with Crippen LogP contribution in [0.2, 0.25) is 0 Å². The molecule has 2 aromatic heterocycles. The zero-order valence-electron chi connectivity index (χ0n) is 23.2. The molecule has 0 atom stereocenters. The topological polar surface area (TPSA) is 84.6 Å². The molecule has 40 heavy (non-hydrogen) atoms. The number of carbonyl (C=O) groups excluding carboxylic acids is 1. The van der Waals surface area contributed by atoms with E-state index in [2.05, 4.69) is 27.0 Å². The monoisotopic (exact) mass is 542 g/mol. The van der Waals surface area contributed by atoms with Crippen molar-refractivity contribution in [3.05, 3.63) is 87.5 Å². The number of nitrogens with zero attached hydrogens (tertiary/aromatic N) is 6. The zero-order chi connectivity index (χ0) is 27.8. The molecule has 0 unspecified atom stereocenters. The lowest BCUT2D eigenvalue weighted by Crippen LogP contribution is -2.49. The summed E-state index contributed by atoms with van der Waals surface area (Å²) < 4.78 is 14.2. The molecule has 1 fully saturated rings. The molecular weight excluding hydrogens is 508 g/mol. The van der Waals surface area contributed by atoms with Crippen LogP contribution in [0, 0.1) is 0 Å². The second-order valence-electron chi connectivity index (χ2n) is 10.3. The molecule has 0 aliphatic carbocycles. The highest BCUT2D eigenvalue weighted by Gasteiger charge is 2.29. The second-order valence-corrected chi connectivity index (χ2v) is 10.3. The normalized spacial score (nSPS) is 15.8. The first kappa shape index (κ1) is 25.9. The third-order valence-electron chi connectivity index (χ3n) is 8.10. The maximum absolute atomic E-state index is 13.7. The average Bonchev–Trinajstić information content (AvgIpc) is 3.46. The number of hydrogen-bond donors (Lipinski definition) is 0. The van der Waals surface area contributed by atoms with Crippen molar-refractivity contribution < 1.29 is 14.3 Å². The van der Waals surface area contributed by atoms with Gasteiger partial charge in [0.15, 0.2) is 5.65 Å². The maximum atomic E-state index is 13.7. The molecule has 2 aliphatic heterocycles. The quantitative estimate of drug-likeness (QED) is 0.370. The second kappa shape index (κ2) is 10.7. The van der Waals surface area contributed by atoms with Crippen LogP contribution in [0.4, 0.5) is 5.69 Å². The number of rotatable bonds is 6. The Morgan fingerprint density at radius 1 is 0.950 bits per heavy atom. The van der Waals surface area contributed by atoms with Crippen molar-refractivity contribution in [3.63, 3.8) is 0 Å². The first-order valence-corrected chi connectivity index (χ1v) is 13.6. The summed E-state index contributed by atoms with van der Waals surface area (Å²) in [6, 6.07) is 16.0. The number of aryl methyl sites for hydroxylation is 1. The van der Waals surface area contributed by atoms with Crippen LogP contribution < -0.4 is 19.9 Å². The van der Waals surface area contributed by atoms with Gasteiger partial charge in [0.05, 0.1) is 31.7 Å². The van der Waals surface area contributed by atoms with Gasteiger partial charge in [-0.15, -0.1) is 0 Å². The summed E-state index contributed by atoms with van der Waals surface area (Å²) in [6.07, 6.45) is 2.27. The first-order chi connectivity index (χ1) is 19.5. The van der Waals surface area contributed by atoms with Gasteiger partial charge in [-0.25, -0.2) is 0 Å². The molecular formula is C30H34N6O4. The molecule has 4 heterocycles. The van der Waals surface area contributed by atoms with E-state index in [0.29, 0.717) is 43.9 Å². The Labute approximate surface area is 232 Å². The van der Waals surface area contributed by atoms with Gasteiger partial charge < -0.3 is 23.8 Å². The minimum Gasteiger partial charge on any atom is -0.497 e. The highest BCUT2D eigenvalue weighted by atomic mass is 16.5. The number of aromatic nitrogens is 3. The summed E-state index contributed by atoms with van der Waals surface area (Å²) in [5.74, 6) is 1.56. The SMILES string of the molecule is COc1ccc(CN2CCc3c(c(=O)n4ncc(C(=O)N5CCN(c6ccccc6OC)CC5)c4n3C)C2)cc1. The highest BCUT2D eigenvalue weighted by Crippen LogP contribution is 2.29. The summed E-state index contributed by atoms with van der Waals surface area (Å²) >= 11 is 0. The standard InChI is InChI=1S/C30H34N6O4/c1-32-25-12-13-33(19-21-8-10-22(39-2)11-9-21)20-24(25)30(38)36-28(32)23(18-31-36)29(37)35-16-14-34(15-17-35)26-6-4-5-7-27(26)40-3/h4-11,18H,12-17,19-20H2,1-3H3. The number of ether oxygens (including phenoxy) is 2. The largest absolute Gasteiger partial charge is 0.497 e. The third kappa shape index (κ3) is 4.58. The number of anilines is 1. The first-order valence-electron chi connectivity index (χ1n) is 13.6. The number of amides is 1. The smallest absolute Gasteiger partial charge is 0.279 e. The van der Waals surface area contributed by atoms with E-state index in [1.54, 1.807) is 20.4 Å². The van der Waals surface area contributed by atoms with Gasteiger partial charge in [0.1, 0.15) is 17.1 Å². The third-order valence-corrected chi connectivity index (χ3v) is 8.10. The fourth-order valence-corrected chi connectivity index (χ4v) is 5.93. The lowest BCUT2D eigenvalue weighted by Gasteiger charge is -2.36. The van der Waals surface area contributed by atoms with E-state index in [4.69, 9.17) is 9.47 Å². The average molecular weight is 543 g/mol. The summed E-state index contributed by atoms with van der Waals surface area (Å²) in [5.41, 5.74) is 4.78. The van der Waals surface area contributed by atoms with Crippen molar-refractivity contribution in [1.82, 2.24) is 24.0 Å². The van der Waals surface area contributed by atoms with Crippen LogP contribution in [0.25, 0.3) is 5.65 Å². The molecule has 10 heteroatoms. The summed E-state index contributed by atoms with van der Waals surface area (Å²) in [7, 11) is 5.26. The van der Waals surface area contributed by atoms with Crippen LogP contribution in [0.1, 0.15) is 27.2 Å². The van der Waals surface area contributed by atoms with Crippen molar-refractivity contribution in [1.29, 1.82) is 0 Å². The molecule has 2 aromatic carbocycles. The molecule has 1 saturated heterocycles. The van der Waals surface area contributed by atoms with Crippen molar-refractivity contribution in [2.75, 3.05) is 51.8 Å². The minimum absolute atomic E-state index is 0.0958. The molecule has 0 radical (unpaired) electrons. The summed E-state index contributed by atoms with van der Waals surface area (Å²) in [6.45, 7) is 4.66. The fourth-order valence-electron chi connectivity index (χ4n) is 5.93. The van der Waals surface area contributed by atoms with Crippen molar-refractivity contribution in [2.45, 2.75) is 19.5 Å². The van der Waals surface area contributed by atoms with Gasteiger partial charge in [0.25, 0.3) is 11.5 Å².